The van der Waals surface area contributed by atoms with Gasteiger partial charge < -0.3 is 19.5 Å². The molecule has 4 heterocycles. The fourth-order valence-corrected chi connectivity index (χ4v) is 13.8. The summed E-state index contributed by atoms with van der Waals surface area (Å²) in [6, 6.07) is 59.6. The molecule has 74 heavy (non-hydrogen) atoms. The number of ether oxygens (including phenoxy) is 1. The standard InChI is InChI=1S/C68H61BN3OS/c1-65(2,3)40-24-27-42(28-25-40)70-52-38-60-46(47-35-49-50(37-59(47)74-60)68(9,10)32-31-67(49,7)8)34-45(52)48-36-56(71-54-19-13-15-21-57(54)73-58-22-16-14-20-55(58)71)61-44-29-23-39-17-11-12-18-43(39)63(44)72-53-30-26-41(66(4,5)6)33-51(53)69-62(48)64(61)72/h11-30,33-38,70H,31-32H2,1-10H3. The van der Waals surface area contributed by atoms with Crippen LogP contribution in [0.2, 0.25) is 0 Å². The predicted octanol–water partition coefficient (Wildman–Crippen LogP) is 18.2. The average molecular weight is 979 g/mol. The van der Waals surface area contributed by atoms with Gasteiger partial charge in [0.2, 0.25) is 0 Å². The van der Waals surface area contributed by atoms with Crippen molar-refractivity contribution in [2.75, 3.05) is 10.2 Å². The van der Waals surface area contributed by atoms with Crippen LogP contribution in [0.25, 0.3) is 69.6 Å². The zero-order valence-corrected chi connectivity index (χ0v) is 45.0. The van der Waals surface area contributed by atoms with Crippen molar-refractivity contribution in [3.05, 3.63) is 180 Å². The smallest absolute Gasteiger partial charge is 0.197 e. The number of benzene rings is 9. The average Bonchev–Trinajstić information content (AvgIpc) is 3.94. The van der Waals surface area contributed by atoms with Crippen molar-refractivity contribution < 1.29 is 4.74 Å². The van der Waals surface area contributed by atoms with Crippen molar-refractivity contribution in [1.29, 1.82) is 0 Å². The summed E-state index contributed by atoms with van der Waals surface area (Å²) in [6.45, 7) is 23.6. The third kappa shape index (κ3) is 6.79. The van der Waals surface area contributed by atoms with Crippen LogP contribution in [0.3, 0.4) is 0 Å². The Morgan fingerprint density at radius 2 is 1.15 bits per heavy atom. The number of thiophene rings is 1. The van der Waals surface area contributed by atoms with Crippen LogP contribution in [0, 0.1) is 0 Å². The first-order valence-corrected chi connectivity index (χ1v) is 27.3. The minimum absolute atomic E-state index is 0.0376. The molecule has 1 N–H and O–H groups in total. The quantitative estimate of drug-likeness (QED) is 0.178. The highest BCUT2D eigenvalue weighted by Gasteiger charge is 2.39. The van der Waals surface area contributed by atoms with Gasteiger partial charge in [-0.25, -0.2) is 0 Å². The first kappa shape index (κ1) is 45.3. The molecule has 0 atom stereocenters. The molecule has 3 aliphatic rings. The fourth-order valence-electron chi connectivity index (χ4n) is 12.6. The summed E-state index contributed by atoms with van der Waals surface area (Å²) in [4.78, 5) is 2.47. The van der Waals surface area contributed by atoms with Crippen LogP contribution in [0.1, 0.15) is 104 Å². The Morgan fingerprint density at radius 3 is 1.85 bits per heavy atom. The third-order valence-electron chi connectivity index (χ3n) is 16.9. The van der Waals surface area contributed by atoms with E-state index in [1.807, 2.05) is 11.3 Å². The molecular formula is C68H61BN3OS. The van der Waals surface area contributed by atoms with Gasteiger partial charge in [-0.3, -0.25) is 0 Å². The predicted molar refractivity (Wildman–Crippen MR) is 319 cm³/mol. The molecule has 4 nitrogen and oxygen atoms in total. The number of nitrogens with zero attached hydrogens (tertiary/aromatic N) is 2. The van der Waals surface area contributed by atoms with Crippen molar-refractivity contribution in [1.82, 2.24) is 4.57 Å². The van der Waals surface area contributed by atoms with Gasteiger partial charge in [-0.15, -0.1) is 11.3 Å². The highest BCUT2D eigenvalue weighted by Crippen LogP contribution is 2.56. The van der Waals surface area contributed by atoms with Crippen LogP contribution < -0.4 is 25.9 Å². The molecule has 0 saturated carbocycles. The van der Waals surface area contributed by atoms with Crippen LogP contribution in [0.4, 0.5) is 28.4 Å². The molecule has 0 fully saturated rings. The van der Waals surface area contributed by atoms with E-state index in [2.05, 4.69) is 249 Å². The van der Waals surface area contributed by atoms with Gasteiger partial charge in [0.25, 0.3) is 0 Å². The molecule has 11 aromatic rings. The minimum Gasteiger partial charge on any atom is -0.453 e. The largest absolute Gasteiger partial charge is 0.453 e. The van der Waals surface area contributed by atoms with E-state index in [0.29, 0.717) is 0 Å². The van der Waals surface area contributed by atoms with Crippen LogP contribution in [0.5, 0.6) is 11.5 Å². The molecular weight excluding hydrogens is 918 g/mol. The lowest BCUT2D eigenvalue weighted by molar-refractivity contribution is 0.332. The summed E-state index contributed by atoms with van der Waals surface area (Å²) in [5, 5.41) is 11.6. The van der Waals surface area contributed by atoms with Gasteiger partial charge in [0, 0.05) is 59.0 Å². The van der Waals surface area contributed by atoms with Gasteiger partial charge in [0.05, 0.1) is 28.1 Å². The second kappa shape index (κ2) is 15.6. The van der Waals surface area contributed by atoms with Crippen molar-refractivity contribution in [3.8, 4) is 28.3 Å². The summed E-state index contributed by atoms with van der Waals surface area (Å²) in [5.41, 5.74) is 19.5. The molecule has 0 amide bonds. The van der Waals surface area contributed by atoms with Gasteiger partial charge in [0.15, 0.2) is 18.8 Å². The first-order chi connectivity index (χ1) is 35.4. The molecule has 363 valence electrons. The Labute approximate surface area is 439 Å². The lowest BCUT2D eigenvalue weighted by Gasteiger charge is -2.41. The third-order valence-corrected chi connectivity index (χ3v) is 18.1. The number of rotatable bonds is 4. The highest BCUT2D eigenvalue weighted by molar-refractivity contribution is 7.25. The van der Waals surface area contributed by atoms with Crippen molar-refractivity contribution in [2.24, 2.45) is 0 Å². The van der Waals surface area contributed by atoms with Crippen molar-refractivity contribution in [3.63, 3.8) is 0 Å². The van der Waals surface area contributed by atoms with Crippen molar-refractivity contribution >= 4 is 111 Å². The maximum Gasteiger partial charge on any atom is 0.197 e. The first-order valence-electron chi connectivity index (χ1n) is 26.5. The topological polar surface area (TPSA) is 29.4 Å². The summed E-state index contributed by atoms with van der Waals surface area (Å²) in [5.74, 6) is 1.67. The van der Waals surface area contributed by atoms with E-state index in [4.69, 9.17) is 4.74 Å². The van der Waals surface area contributed by atoms with E-state index < -0.39 is 0 Å². The van der Waals surface area contributed by atoms with Gasteiger partial charge in [-0.2, -0.15) is 0 Å². The molecule has 2 aliphatic heterocycles. The van der Waals surface area contributed by atoms with E-state index in [9.17, 15) is 0 Å². The zero-order chi connectivity index (χ0) is 50.8. The maximum atomic E-state index is 6.75. The molecule has 6 heteroatoms. The van der Waals surface area contributed by atoms with E-state index in [1.54, 1.807) is 0 Å². The minimum atomic E-state index is -0.0403. The zero-order valence-electron chi connectivity index (χ0n) is 44.2. The summed E-state index contributed by atoms with van der Waals surface area (Å²) < 4.78 is 12.0. The molecule has 9 aromatic carbocycles. The molecule has 1 radical (unpaired) electrons. The van der Waals surface area contributed by atoms with Crippen LogP contribution in [-0.2, 0) is 21.7 Å². The SMILES string of the molecule is CC(C)(C)c1ccc(Nc2cc3sc4cc5c(cc4c3cc2-c2cc(N3c4ccccc4Oc4ccccc43)c3c4ccc6ccccc6c4n4c3c2[B]c2cc(C(C)(C)C)ccc2-4)C(C)(C)CCC5(C)C)cc1. The van der Waals surface area contributed by atoms with Crippen molar-refractivity contribution in [2.45, 2.75) is 104 Å². The number of hydrogen-bond acceptors (Lipinski definition) is 4. The lowest BCUT2D eigenvalue weighted by atomic mass is 9.58. The van der Waals surface area contributed by atoms with Gasteiger partial charge in [0.1, 0.15) is 0 Å². The summed E-state index contributed by atoms with van der Waals surface area (Å²) in [7, 11) is 2.51. The normalized spacial score (nSPS) is 15.5. The number of fused-ring (bicyclic) bond motifs is 13. The Kier molecular flexibility index (Phi) is 9.58. The van der Waals surface area contributed by atoms with Gasteiger partial charge >= 0.3 is 0 Å². The Bertz CT molecular complexity index is 4150. The van der Waals surface area contributed by atoms with E-state index in [1.165, 1.54) is 110 Å². The fraction of sp³-hybridized carbons (Fsp3) is 0.235. The molecule has 1 aliphatic carbocycles. The Morgan fingerprint density at radius 1 is 0.527 bits per heavy atom. The number of aromatic nitrogens is 1. The van der Waals surface area contributed by atoms with E-state index in [-0.39, 0.29) is 21.7 Å². The summed E-state index contributed by atoms with van der Waals surface area (Å²) >= 11 is 1.93. The highest BCUT2D eigenvalue weighted by atomic mass is 32.1. The lowest BCUT2D eigenvalue weighted by Crippen LogP contribution is -2.38. The van der Waals surface area contributed by atoms with Crippen LogP contribution in [0.15, 0.2) is 158 Å². The molecule has 0 bridgehead atoms. The summed E-state index contributed by atoms with van der Waals surface area (Å²) in [6.07, 6.45) is 2.36. The van der Waals surface area contributed by atoms with Crippen LogP contribution in [-0.4, -0.2) is 11.8 Å². The number of anilines is 5. The maximum absolute atomic E-state index is 6.75. The molecule has 0 spiro atoms. The van der Waals surface area contributed by atoms with Gasteiger partial charge in [-0.1, -0.05) is 160 Å². The van der Waals surface area contributed by atoms with Gasteiger partial charge in [-0.05, 0) is 146 Å². The second-order valence-corrected chi connectivity index (χ2v) is 25.8. The Hall–Kier alpha value is -7.28. The molecule has 14 rings (SSSR count). The molecule has 0 saturated heterocycles. The number of para-hydroxylation sites is 4. The number of hydrogen-bond donors (Lipinski definition) is 1. The molecule has 0 unspecified atom stereocenters. The second-order valence-electron chi connectivity index (χ2n) is 24.7. The number of nitrogens with one attached hydrogen (secondary N) is 1. The molecule has 2 aromatic heterocycles. The Balaban J connectivity index is 1.15. The van der Waals surface area contributed by atoms with Crippen LogP contribution >= 0.6 is 11.3 Å². The van der Waals surface area contributed by atoms with E-state index >= 15 is 0 Å². The monoisotopic (exact) mass is 978 g/mol. The van der Waals surface area contributed by atoms with E-state index in [0.717, 1.165) is 45.5 Å².